The number of rotatable bonds is 2. The summed E-state index contributed by atoms with van der Waals surface area (Å²) in [5.74, 6) is 0. The smallest absolute Gasteiger partial charge is 0.187 e. The van der Waals surface area contributed by atoms with Gasteiger partial charge >= 0.3 is 0 Å². The Morgan fingerprint density at radius 2 is 2.44 bits per heavy atom. The summed E-state index contributed by atoms with van der Waals surface area (Å²) >= 11 is 1.72. The van der Waals surface area contributed by atoms with E-state index in [1.807, 2.05) is 12.1 Å². The second-order valence-corrected chi connectivity index (χ2v) is 4.77. The number of aromatic nitrogens is 2. The minimum absolute atomic E-state index is 0.946. The van der Waals surface area contributed by atoms with Crippen molar-refractivity contribution in [1.29, 1.82) is 0 Å². The molecular formula is C11H12N4S. The van der Waals surface area contributed by atoms with Crippen molar-refractivity contribution in [2.75, 3.05) is 11.9 Å². The lowest BCUT2D eigenvalue weighted by Gasteiger charge is -2.09. The summed E-state index contributed by atoms with van der Waals surface area (Å²) in [6.45, 7) is 1.98. The molecule has 0 amide bonds. The van der Waals surface area contributed by atoms with Crippen molar-refractivity contribution in [3.8, 4) is 0 Å². The van der Waals surface area contributed by atoms with Gasteiger partial charge in [-0.25, -0.2) is 4.98 Å². The molecule has 82 valence electrons. The summed E-state index contributed by atoms with van der Waals surface area (Å²) in [5, 5.41) is 7.59. The van der Waals surface area contributed by atoms with E-state index in [2.05, 4.69) is 20.6 Å². The third-order valence-electron chi connectivity index (χ3n) is 2.52. The van der Waals surface area contributed by atoms with Gasteiger partial charge in [0.15, 0.2) is 5.13 Å². The van der Waals surface area contributed by atoms with Crippen LogP contribution in [0.1, 0.15) is 10.6 Å². The van der Waals surface area contributed by atoms with Gasteiger partial charge in [0.1, 0.15) is 0 Å². The molecule has 1 aliphatic rings. The molecule has 0 fully saturated rings. The van der Waals surface area contributed by atoms with Crippen LogP contribution in [0.4, 0.5) is 10.8 Å². The van der Waals surface area contributed by atoms with Crippen LogP contribution in [0.2, 0.25) is 0 Å². The summed E-state index contributed by atoms with van der Waals surface area (Å²) in [7, 11) is 0. The Morgan fingerprint density at radius 3 is 3.25 bits per heavy atom. The van der Waals surface area contributed by atoms with E-state index in [9.17, 15) is 0 Å². The molecule has 0 radical (unpaired) electrons. The first-order chi connectivity index (χ1) is 7.92. The van der Waals surface area contributed by atoms with Crippen LogP contribution in [0.5, 0.6) is 0 Å². The van der Waals surface area contributed by atoms with Crippen molar-refractivity contribution in [3.05, 3.63) is 35.1 Å². The zero-order chi connectivity index (χ0) is 10.8. The minimum Gasteiger partial charge on any atom is -0.330 e. The highest BCUT2D eigenvalue weighted by Gasteiger charge is 2.14. The monoisotopic (exact) mass is 232 g/mol. The van der Waals surface area contributed by atoms with E-state index >= 15 is 0 Å². The average molecular weight is 232 g/mol. The predicted molar refractivity (Wildman–Crippen MR) is 65.0 cm³/mol. The second kappa shape index (κ2) is 4.19. The molecule has 4 nitrogen and oxygen atoms in total. The molecule has 1 aliphatic heterocycles. The highest BCUT2D eigenvalue weighted by Crippen LogP contribution is 2.27. The van der Waals surface area contributed by atoms with Gasteiger partial charge in [0, 0.05) is 30.6 Å². The second-order valence-electron chi connectivity index (χ2n) is 3.68. The van der Waals surface area contributed by atoms with Crippen LogP contribution in [0.3, 0.4) is 0 Å². The summed E-state index contributed by atoms with van der Waals surface area (Å²) in [6.07, 6.45) is 4.60. The van der Waals surface area contributed by atoms with Crippen LogP contribution < -0.4 is 10.6 Å². The molecule has 0 aromatic carbocycles. The number of hydrogen-bond acceptors (Lipinski definition) is 5. The summed E-state index contributed by atoms with van der Waals surface area (Å²) in [5.41, 5.74) is 2.22. The standard InChI is InChI=1S/C11H12N4S/c1-2-8(6-12-4-1)14-11-15-9-3-5-13-7-10(9)16-11/h1-2,4,6,13H,3,5,7H2,(H,14,15). The normalized spacial score (nSPS) is 14.5. The minimum atomic E-state index is 0.946. The van der Waals surface area contributed by atoms with Gasteiger partial charge in [-0.05, 0) is 12.1 Å². The molecule has 0 saturated heterocycles. The van der Waals surface area contributed by atoms with E-state index in [4.69, 9.17) is 0 Å². The number of thiazole rings is 1. The van der Waals surface area contributed by atoms with E-state index < -0.39 is 0 Å². The van der Waals surface area contributed by atoms with Crippen LogP contribution in [-0.4, -0.2) is 16.5 Å². The molecule has 0 unspecified atom stereocenters. The molecule has 5 heteroatoms. The fourth-order valence-electron chi connectivity index (χ4n) is 1.74. The highest BCUT2D eigenvalue weighted by molar-refractivity contribution is 7.15. The molecule has 2 N–H and O–H groups in total. The molecule has 0 atom stereocenters. The lowest BCUT2D eigenvalue weighted by atomic mass is 10.2. The first-order valence-corrected chi connectivity index (χ1v) is 6.10. The van der Waals surface area contributed by atoms with Crippen molar-refractivity contribution >= 4 is 22.2 Å². The van der Waals surface area contributed by atoms with Crippen molar-refractivity contribution < 1.29 is 0 Å². The van der Waals surface area contributed by atoms with Crippen molar-refractivity contribution in [2.45, 2.75) is 13.0 Å². The molecule has 0 bridgehead atoms. The van der Waals surface area contributed by atoms with Crippen molar-refractivity contribution in [1.82, 2.24) is 15.3 Å². The van der Waals surface area contributed by atoms with Gasteiger partial charge < -0.3 is 10.6 Å². The van der Waals surface area contributed by atoms with E-state index in [1.54, 1.807) is 23.7 Å². The van der Waals surface area contributed by atoms with Crippen molar-refractivity contribution in [2.24, 2.45) is 0 Å². The molecule has 2 aromatic heterocycles. The maximum absolute atomic E-state index is 4.59. The van der Waals surface area contributed by atoms with Gasteiger partial charge in [0.2, 0.25) is 0 Å². The van der Waals surface area contributed by atoms with Crippen LogP contribution in [-0.2, 0) is 13.0 Å². The number of nitrogens with zero attached hydrogens (tertiary/aromatic N) is 2. The average Bonchev–Trinajstić information content (AvgIpc) is 2.72. The first kappa shape index (κ1) is 9.74. The zero-order valence-electron chi connectivity index (χ0n) is 8.73. The Hall–Kier alpha value is -1.46. The number of anilines is 2. The fraction of sp³-hybridized carbons (Fsp3) is 0.273. The van der Waals surface area contributed by atoms with Gasteiger partial charge in [-0.3, -0.25) is 4.98 Å². The van der Waals surface area contributed by atoms with E-state index in [-0.39, 0.29) is 0 Å². The molecule has 16 heavy (non-hydrogen) atoms. The lowest BCUT2D eigenvalue weighted by Crippen LogP contribution is -2.22. The number of fused-ring (bicyclic) bond motifs is 1. The molecular weight excluding hydrogens is 220 g/mol. The quantitative estimate of drug-likeness (QED) is 0.830. The Bertz CT molecular complexity index is 456. The van der Waals surface area contributed by atoms with Gasteiger partial charge in [-0.2, -0.15) is 0 Å². The molecule has 2 aromatic rings. The number of nitrogens with one attached hydrogen (secondary N) is 2. The molecule has 0 aliphatic carbocycles. The third-order valence-corrected chi connectivity index (χ3v) is 3.53. The van der Waals surface area contributed by atoms with Crippen LogP contribution in [0.15, 0.2) is 24.5 Å². The molecule has 3 heterocycles. The SMILES string of the molecule is c1cncc(Nc2nc3c(s2)CNCC3)c1. The zero-order valence-corrected chi connectivity index (χ0v) is 9.55. The maximum Gasteiger partial charge on any atom is 0.187 e. The third kappa shape index (κ3) is 1.91. The fourth-order valence-corrected chi connectivity index (χ4v) is 2.74. The van der Waals surface area contributed by atoms with E-state index in [0.29, 0.717) is 0 Å². The highest BCUT2D eigenvalue weighted by atomic mass is 32.1. The lowest BCUT2D eigenvalue weighted by molar-refractivity contribution is 0.644. The molecule has 0 saturated carbocycles. The maximum atomic E-state index is 4.59. The Morgan fingerprint density at radius 1 is 1.44 bits per heavy atom. The predicted octanol–water partition coefficient (Wildman–Crippen LogP) is 1.93. The topological polar surface area (TPSA) is 49.8 Å². The molecule has 0 spiro atoms. The summed E-state index contributed by atoms with van der Waals surface area (Å²) in [4.78, 5) is 10.00. The Labute approximate surface area is 97.8 Å². The van der Waals surface area contributed by atoms with Crippen LogP contribution in [0.25, 0.3) is 0 Å². The number of hydrogen-bond donors (Lipinski definition) is 2. The molecule has 3 rings (SSSR count). The largest absolute Gasteiger partial charge is 0.330 e. The first-order valence-electron chi connectivity index (χ1n) is 5.28. The van der Waals surface area contributed by atoms with E-state index in [1.165, 1.54) is 10.6 Å². The van der Waals surface area contributed by atoms with E-state index in [0.717, 1.165) is 30.3 Å². The van der Waals surface area contributed by atoms with Gasteiger partial charge in [0.05, 0.1) is 17.6 Å². The van der Waals surface area contributed by atoms with Crippen LogP contribution in [0, 0.1) is 0 Å². The number of pyridine rings is 1. The summed E-state index contributed by atoms with van der Waals surface area (Å²) < 4.78 is 0. The van der Waals surface area contributed by atoms with Crippen LogP contribution >= 0.6 is 11.3 Å². The van der Waals surface area contributed by atoms with Gasteiger partial charge in [0.25, 0.3) is 0 Å². The Kier molecular flexibility index (Phi) is 2.55. The summed E-state index contributed by atoms with van der Waals surface area (Å²) in [6, 6.07) is 3.91. The van der Waals surface area contributed by atoms with Crippen molar-refractivity contribution in [3.63, 3.8) is 0 Å². The van der Waals surface area contributed by atoms with Gasteiger partial charge in [-0.1, -0.05) is 0 Å². The Balaban J connectivity index is 1.83. The van der Waals surface area contributed by atoms with Gasteiger partial charge in [-0.15, -0.1) is 11.3 Å².